The highest BCUT2D eigenvalue weighted by molar-refractivity contribution is 5.85. The minimum atomic E-state index is -1.21. The minimum Gasteiger partial charge on any atom is -0.496 e. The predicted molar refractivity (Wildman–Crippen MR) is 91.2 cm³/mol. The van der Waals surface area contributed by atoms with Crippen molar-refractivity contribution in [3.8, 4) is 5.75 Å². The summed E-state index contributed by atoms with van der Waals surface area (Å²) in [5.74, 6) is -3.91. The first kappa shape index (κ1) is 17.7. The van der Waals surface area contributed by atoms with Crippen molar-refractivity contribution < 1.29 is 23.0 Å². The summed E-state index contributed by atoms with van der Waals surface area (Å²) in [6, 6.07) is 5.30. The van der Waals surface area contributed by atoms with E-state index in [1.165, 1.54) is 20.4 Å². The number of pyridine rings is 1. The van der Waals surface area contributed by atoms with E-state index in [1.54, 1.807) is 36.7 Å². The Labute approximate surface area is 149 Å². The summed E-state index contributed by atoms with van der Waals surface area (Å²) in [4.78, 5) is 21.3. The summed E-state index contributed by atoms with van der Waals surface area (Å²) in [6.45, 7) is 0. The summed E-state index contributed by atoms with van der Waals surface area (Å²) in [5, 5.41) is 0. The molecule has 0 aliphatic carbocycles. The van der Waals surface area contributed by atoms with Crippen LogP contribution in [0.25, 0.3) is 0 Å². The van der Waals surface area contributed by atoms with E-state index >= 15 is 0 Å². The van der Waals surface area contributed by atoms with Gasteiger partial charge in [0.25, 0.3) is 0 Å². The fourth-order valence-corrected chi connectivity index (χ4v) is 3.11. The molecule has 1 aromatic heterocycles. The van der Waals surface area contributed by atoms with Crippen LogP contribution in [0.15, 0.2) is 53.8 Å². The molecule has 3 rings (SSSR count). The molecule has 0 spiro atoms. The van der Waals surface area contributed by atoms with Crippen LogP contribution < -0.4 is 4.74 Å². The third kappa shape index (κ3) is 2.85. The lowest BCUT2D eigenvalue weighted by Gasteiger charge is -2.33. The minimum absolute atomic E-state index is 0.0260. The number of carbonyl (C=O) groups excluding carboxylic acids is 1. The zero-order chi connectivity index (χ0) is 18.7. The van der Waals surface area contributed by atoms with Gasteiger partial charge in [-0.3, -0.25) is 14.8 Å². The number of hydrogen-bond acceptors (Lipinski definition) is 5. The molecule has 0 saturated carbocycles. The first-order chi connectivity index (χ1) is 12.5. The van der Waals surface area contributed by atoms with E-state index in [4.69, 9.17) is 9.47 Å². The summed E-state index contributed by atoms with van der Waals surface area (Å²) < 4.78 is 37.8. The second-order valence-corrected chi connectivity index (χ2v) is 5.67. The number of nitrogens with zero attached hydrogens (tertiary/aromatic N) is 2. The Morgan fingerprint density at radius 3 is 2.58 bits per heavy atom. The molecule has 2 heterocycles. The van der Waals surface area contributed by atoms with E-state index in [0.717, 1.165) is 12.1 Å². The third-order valence-corrected chi connectivity index (χ3v) is 4.31. The smallest absolute Gasteiger partial charge is 0.316 e. The van der Waals surface area contributed by atoms with Gasteiger partial charge in [0, 0.05) is 35.8 Å². The predicted octanol–water partition coefficient (Wildman–Crippen LogP) is 3.16. The van der Waals surface area contributed by atoms with Crippen molar-refractivity contribution in [3.05, 3.63) is 71.6 Å². The van der Waals surface area contributed by atoms with Gasteiger partial charge in [-0.1, -0.05) is 6.07 Å². The van der Waals surface area contributed by atoms with Crippen molar-refractivity contribution in [2.75, 3.05) is 14.2 Å². The number of benzene rings is 1. The lowest BCUT2D eigenvalue weighted by Crippen LogP contribution is -2.35. The van der Waals surface area contributed by atoms with Gasteiger partial charge in [-0.05, 0) is 24.3 Å². The van der Waals surface area contributed by atoms with Crippen LogP contribution in [-0.2, 0) is 15.1 Å². The molecule has 2 atom stereocenters. The maximum Gasteiger partial charge on any atom is 0.316 e. The Bertz CT molecular complexity index is 870. The average molecular weight is 358 g/mol. The fourth-order valence-electron chi connectivity index (χ4n) is 3.11. The number of esters is 1. The Kier molecular flexibility index (Phi) is 4.79. The molecule has 0 saturated heterocycles. The third-order valence-electron chi connectivity index (χ3n) is 4.31. The number of aromatic nitrogens is 1. The van der Waals surface area contributed by atoms with Crippen molar-refractivity contribution in [3.63, 3.8) is 0 Å². The van der Waals surface area contributed by atoms with E-state index < -0.39 is 29.1 Å². The maximum absolute atomic E-state index is 14.0. The highest BCUT2D eigenvalue weighted by Gasteiger charge is 2.47. The van der Waals surface area contributed by atoms with Crippen LogP contribution in [0.5, 0.6) is 5.75 Å². The van der Waals surface area contributed by atoms with Crippen LogP contribution in [0.4, 0.5) is 8.78 Å². The van der Waals surface area contributed by atoms with Gasteiger partial charge in [-0.15, -0.1) is 0 Å². The van der Waals surface area contributed by atoms with Crippen LogP contribution in [0.1, 0.15) is 17.0 Å². The quantitative estimate of drug-likeness (QED) is 0.771. The van der Waals surface area contributed by atoms with Crippen LogP contribution in [-0.4, -0.2) is 31.4 Å². The zero-order valence-corrected chi connectivity index (χ0v) is 14.1. The number of allylic oxidation sites excluding steroid dienone is 1. The fraction of sp³-hybridized carbons (Fsp3) is 0.211. The Morgan fingerprint density at radius 2 is 2.00 bits per heavy atom. The number of carbonyl (C=O) groups is 1. The van der Waals surface area contributed by atoms with Crippen molar-refractivity contribution >= 4 is 12.2 Å². The van der Waals surface area contributed by atoms with Gasteiger partial charge in [-0.25, -0.2) is 8.78 Å². The molecule has 2 aromatic rings. The Balaban J connectivity index is 2.28. The largest absolute Gasteiger partial charge is 0.496 e. The molecule has 134 valence electrons. The molecule has 0 bridgehead atoms. The molecule has 0 fully saturated rings. The topological polar surface area (TPSA) is 60.8 Å². The molecule has 0 radical (unpaired) electrons. The maximum atomic E-state index is 14.0. The van der Waals surface area contributed by atoms with Gasteiger partial charge in [0.05, 0.1) is 14.2 Å². The van der Waals surface area contributed by atoms with Crippen LogP contribution >= 0.6 is 0 Å². The highest BCUT2D eigenvalue weighted by atomic mass is 19.2. The van der Waals surface area contributed by atoms with E-state index in [-0.39, 0.29) is 11.3 Å². The first-order valence-corrected chi connectivity index (χ1v) is 7.78. The number of hydrogen-bond donors (Lipinski definition) is 0. The molecular weight excluding hydrogens is 342 g/mol. The van der Waals surface area contributed by atoms with E-state index in [0.29, 0.717) is 5.56 Å². The van der Waals surface area contributed by atoms with Crippen LogP contribution in [0.2, 0.25) is 0 Å². The zero-order valence-electron chi connectivity index (χ0n) is 14.1. The van der Waals surface area contributed by atoms with Crippen molar-refractivity contribution in [1.29, 1.82) is 0 Å². The molecule has 7 heteroatoms. The molecule has 5 nitrogen and oxygen atoms in total. The standard InChI is InChI=1S/C19H16F2N2O3/c1-25-16-10-15(21)14(20)9-13(16)17(18(24)26-2)19(6-4-8-23-19)12-5-3-7-22-11-12/h3-11,17H,1-2H3. The molecule has 1 aliphatic rings. The molecule has 1 aromatic carbocycles. The van der Waals surface area contributed by atoms with Crippen LogP contribution in [0.3, 0.4) is 0 Å². The van der Waals surface area contributed by atoms with Crippen molar-refractivity contribution in [2.45, 2.75) is 11.5 Å². The second kappa shape index (κ2) is 7.03. The van der Waals surface area contributed by atoms with Crippen LogP contribution in [0, 0.1) is 11.6 Å². The van der Waals surface area contributed by atoms with Gasteiger partial charge in [0.1, 0.15) is 17.2 Å². The van der Waals surface area contributed by atoms with Crippen molar-refractivity contribution in [2.24, 2.45) is 4.99 Å². The average Bonchev–Trinajstić information content (AvgIpc) is 3.15. The van der Waals surface area contributed by atoms with E-state index in [9.17, 15) is 13.6 Å². The Hall–Kier alpha value is -3.09. The molecule has 0 amide bonds. The lowest BCUT2D eigenvalue weighted by atomic mass is 9.75. The Morgan fingerprint density at radius 1 is 1.23 bits per heavy atom. The summed E-state index contributed by atoms with van der Waals surface area (Å²) >= 11 is 0. The molecular formula is C19H16F2N2O3. The van der Waals surface area contributed by atoms with Gasteiger partial charge < -0.3 is 9.47 Å². The summed E-state index contributed by atoms with van der Waals surface area (Å²) in [7, 11) is 2.54. The number of aliphatic imine (C=N–C) groups is 1. The number of ether oxygens (including phenoxy) is 2. The molecule has 1 aliphatic heterocycles. The normalized spacial score (nSPS) is 19.4. The summed E-state index contributed by atoms with van der Waals surface area (Å²) in [5.41, 5.74) is -0.475. The van der Waals surface area contributed by atoms with Gasteiger partial charge in [-0.2, -0.15) is 0 Å². The SMILES string of the molecule is COC(=O)C(c1cc(F)c(F)cc1OC)C1(c2cccnc2)C=CC=N1. The van der Waals surface area contributed by atoms with Gasteiger partial charge in [0.2, 0.25) is 0 Å². The van der Waals surface area contributed by atoms with Crippen molar-refractivity contribution in [1.82, 2.24) is 4.98 Å². The van der Waals surface area contributed by atoms with E-state index in [2.05, 4.69) is 9.98 Å². The second-order valence-electron chi connectivity index (χ2n) is 5.67. The summed E-state index contributed by atoms with van der Waals surface area (Å²) in [6.07, 6.45) is 8.07. The number of methoxy groups -OCH3 is 2. The van der Waals surface area contributed by atoms with Gasteiger partial charge >= 0.3 is 5.97 Å². The first-order valence-electron chi connectivity index (χ1n) is 7.78. The molecule has 0 N–H and O–H groups in total. The number of rotatable bonds is 5. The molecule has 26 heavy (non-hydrogen) atoms. The van der Waals surface area contributed by atoms with E-state index in [1.807, 2.05) is 0 Å². The van der Waals surface area contributed by atoms with Gasteiger partial charge in [0.15, 0.2) is 11.6 Å². The lowest BCUT2D eigenvalue weighted by molar-refractivity contribution is -0.143. The number of halogens is 2. The highest BCUT2D eigenvalue weighted by Crippen LogP contribution is 2.46. The molecule has 2 unspecified atom stereocenters. The monoisotopic (exact) mass is 358 g/mol.